The van der Waals surface area contributed by atoms with E-state index in [0.717, 1.165) is 15.9 Å². The Labute approximate surface area is 151 Å². The first-order valence-corrected chi connectivity index (χ1v) is 14.8. The summed E-state index contributed by atoms with van der Waals surface area (Å²) in [5, 5.41) is 0.184. The zero-order chi connectivity index (χ0) is 17.2. The third-order valence-electron chi connectivity index (χ3n) is 3.75. The molecule has 0 aliphatic heterocycles. The van der Waals surface area contributed by atoms with Crippen molar-refractivity contribution in [1.29, 1.82) is 0 Å². The first-order valence-electron chi connectivity index (χ1n) is 7.05. The van der Waals surface area contributed by atoms with Gasteiger partial charge in [-0.2, -0.15) is 0 Å². The molecular weight excluding hydrogens is 537 g/mol. The molecule has 0 aliphatic carbocycles. The molecule has 0 saturated heterocycles. The Bertz CT molecular complexity index is 709. The average molecular weight is 550 g/mol. The number of rotatable bonds is 4. The van der Waals surface area contributed by atoms with Gasteiger partial charge >= 0.3 is 152 Å². The van der Waals surface area contributed by atoms with Crippen LogP contribution in [0.5, 0.6) is 0 Å². The van der Waals surface area contributed by atoms with Gasteiger partial charge in [-0.3, -0.25) is 0 Å². The monoisotopic (exact) mass is 549 g/mol. The molecule has 0 nitrogen and oxygen atoms in total. The summed E-state index contributed by atoms with van der Waals surface area (Å²) in [5.41, 5.74) is 0. The molecular formula is C18H13AuClF3P. The fourth-order valence-corrected chi connectivity index (χ4v) is 15.8. The molecule has 0 saturated carbocycles. The van der Waals surface area contributed by atoms with Crippen molar-refractivity contribution in [2.24, 2.45) is 0 Å². The summed E-state index contributed by atoms with van der Waals surface area (Å²) in [7, 11) is 6.52. The second-order valence-electron chi connectivity index (χ2n) is 5.18. The quantitative estimate of drug-likeness (QED) is 0.337. The molecule has 0 heterocycles. The van der Waals surface area contributed by atoms with E-state index < -0.39 is 23.3 Å². The van der Waals surface area contributed by atoms with Gasteiger partial charge in [-0.05, 0) is 0 Å². The summed E-state index contributed by atoms with van der Waals surface area (Å²) >= 11 is -0.735. The molecule has 3 aromatic carbocycles. The van der Waals surface area contributed by atoms with E-state index in [0.29, 0.717) is 0 Å². The molecule has 6 heteroatoms. The molecule has 0 aliphatic rings. The topological polar surface area (TPSA) is 0 Å². The van der Waals surface area contributed by atoms with E-state index in [1.807, 2.05) is 0 Å². The number of hydrogen-bond acceptors (Lipinski definition) is 0. The van der Waals surface area contributed by atoms with E-state index in [1.54, 1.807) is 36.4 Å². The van der Waals surface area contributed by atoms with Crippen molar-refractivity contribution in [3.63, 3.8) is 0 Å². The molecule has 0 atom stereocenters. The minimum atomic E-state index is -2.60. The van der Waals surface area contributed by atoms with Crippen LogP contribution in [-0.2, 0) is 18.1 Å². The molecule has 0 spiro atoms. The minimum absolute atomic E-state index is 0.328. The van der Waals surface area contributed by atoms with Crippen molar-refractivity contribution in [1.82, 2.24) is 0 Å². The maximum absolute atomic E-state index is 13.4. The molecule has 0 radical (unpaired) electrons. The number of hydrogen-bond donors (Lipinski definition) is 0. The van der Waals surface area contributed by atoms with Gasteiger partial charge in [-0.25, -0.2) is 0 Å². The Balaban J connectivity index is 2.27. The van der Waals surface area contributed by atoms with Crippen LogP contribution in [0.15, 0.2) is 72.8 Å². The second-order valence-corrected chi connectivity index (χ2v) is 17.1. The third-order valence-corrected chi connectivity index (χ3v) is 18.8. The predicted octanol–water partition coefficient (Wildman–Crippen LogP) is 4.28. The summed E-state index contributed by atoms with van der Waals surface area (Å²) in [6.07, 6.45) is 0. The normalized spacial score (nSPS) is 12.3. The molecule has 3 rings (SSSR count). The zero-order valence-corrected chi connectivity index (χ0v) is 16.2. The van der Waals surface area contributed by atoms with Crippen molar-refractivity contribution < 1.29 is 31.3 Å². The van der Waals surface area contributed by atoms with Crippen LogP contribution in [0.1, 0.15) is 0 Å². The first-order chi connectivity index (χ1) is 11.6. The van der Waals surface area contributed by atoms with E-state index >= 15 is 0 Å². The first kappa shape index (κ1) is 17.7. The summed E-state index contributed by atoms with van der Waals surface area (Å²) in [4.78, 5) is 0. The summed E-state index contributed by atoms with van der Waals surface area (Å²) in [5.74, 6) is -0.983. The standard InChI is InChI=1S/C18H12F3P.Au.ClH/c19-13-1-7-16(8-2-13)22(17-9-3-14(20)4-10-17)18-11-5-15(21)6-12-18;;/h1-12H;;1H. The van der Waals surface area contributed by atoms with Gasteiger partial charge in [0.15, 0.2) is 0 Å². The molecule has 0 aromatic heterocycles. The molecule has 0 unspecified atom stereocenters. The molecule has 24 heavy (non-hydrogen) atoms. The van der Waals surface area contributed by atoms with E-state index in [-0.39, 0.29) is 17.5 Å². The van der Waals surface area contributed by atoms with Crippen molar-refractivity contribution in [2.75, 3.05) is 0 Å². The average Bonchev–Trinajstić information content (AvgIpc) is 2.60. The van der Waals surface area contributed by atoms with E-state index in [4.69, 9.17) is 9.19 Å². The van der Waals surface area contributed by atoms with Gasteiger partial charge in [0.05, 0.1) is 0 Å². The summed E-state index contributed by atoms with van der Waals surface area (Å²) in [6.45, 7) is 0. The summed E-state index contributed by atoms with van der Waals surface area (Å²) in [6, 6.07) is 18.8. The van der Waals surface area contributed by atoms with Gasteiger partial charge in [0.1, 0.15) is 0 Å². The van der Waals surface area contributed by atoms with Crippen LogP contribution in [0.3, 0.4) is 0 Å². The van der Waals surface area contributed by atoms with Crippen molar-refractivity contribution in [3.05, 3.63) is 90.2 Å². The van der Waals surface area contributed by atoms with Crippen molar-refractivity contribution in [2.45, 2.75) is 0 Å². The van der Waals surface area contributed by atoms with Gasteiger partial charge in [0, 0.05) is 0 Å². The third kappa shape index (κ3) is 3.33. The second kappa shape index (κ2) is 7.43. The van der Waals surface area contributed by atoms with Crippen molar-refractivity contribution >= 4 is 30.3 Å². The van der Waals surface area contributed by atoms with Crippen LogP contribution < -0.4 is 15.9 Å². The number of halogens is 4. The summed E-state index contributed by atoms with van der Waals surface area (Å²) < 4.78 is 40.1. The van der Waals surface area contributed by atoms with Gasteiger partial charge in [0.25, 0.3) is 0 Å². The molecule has 0 amide bonds. The fraction of sp³-hybridized carbons (Fsp3) is 0. The van der Waals surface area contributed by atoms with Gasteiger partial charge in [-0.15, -0.1) is 0 Å². The SMILES string of the molecule is Fc1ccc([PH]([Au][Cl])(c2ccc(F)cc2)c2ccc(F)cc2)cc1. The van der Waals surface area contributed by atoms with Crippen LogP contribution in [0, 0.1) is 17.5 Å². The Morgan fingerprint density at radius 2 is 0.792 bits per heavy atom. The predicted molar refractivity (Wildman–Crippen MR) is 92.3 cm³/mol. The van der Waals surface area contributed by atoms with Crippen LogP contribution in [-0.4, -0.2) is 0 Å². The number of benzene rings is 3. The van der Waals surface area contributed by atoms with E-state index in [2.05, 4.69) is 0 Å². The Kier molecular flexibility index (Phi) is 5.49. The molecule has 0 fully saturated rings. The molecule has 3 aromatic rings. The van der Waals surface area contributed by atoms with E-state index in [1.165, 1.54) is 36.4 Å². The van der Waals surface area contributed by atoms with Crippen LogP contribution in [0.4, 0.5) is 13.2 Å². The fourth-order valence-electron chi connectivity index (χ4n) is 2.60. The van der Waals surface area contributed by atoms with Crippen LogP contribution in [0.25, 0.3) is 0 Å². The zero-order valence-electron chi connectivity index (χ0n) is 12.2. The Morgan fingerprint density at radius 3 is 1.00 bits per heavy atom. The Morgan fingerprint density at radius 1 is 0.542 bits per heavy atom. The molecule has 129 valence electrons. The van der Waals surface area contributed by atoms with Gasteiger partial charge in [0.2, 0.25) is 0 Å². The van der Waals surface area contributed by atoms with Crippen LogP contribution >= 0.6 is 14.3 Å². The van der Waals surface area contributed by atoms with E-state index in [9.17, 15) is 13.2 Å². The van der Waals surface area contributed by atoms with Crippen LogP contribution in [0.2, 0.25) is 0 Å². The van der Waals surface area contributed by atoms with Gasteiger partial charge in [-0.1, -0.05) is 0 Å². The molecule has 0 N–H and O–H groups in total. The maximum atomic E-state index is 13.4. The van der Waals surface area contributed by atoms with Crippen molar-refractivity contribution in [3.8, 4) is 0 Å². The van der Waals surface area contributed by atoms with Gasteiger partial charge < -0.3 is 0 Å². The Hall–Kier alpha value is -1.09. The molecule has 0 bridgehead atoms.